The molecule has 0 aliphatic heterocycles. The number of amides is 1. The van der Waals surface area contributed by atoms with Gasteiger partial charge in [0, 0.05) is 5.56 Å². The van der Waals surface area contributed by atoms with Crippen LogP contribution in [-0.2, 0) is 4.79 Å². The summed E-state index contributed by atoms with van der Waals surface area (Å²) in [5.74, 6) is 1.21. The maximum absolute atomic E-state index is 12.6. The molecular weight excluding hydrogens is 362 g/mol. The van der Waals surface area contributed by atoms with Gasteiger partial charge in [-0.25, -0.2) is 9.77 Å². The minimum atomic E-state index is -0.102. The molecule has 1 aromatic carbocycles. The van der Waals surface area contributed by atoms with Gasteiger partial charge in [0.25, 0.3) is 5.91 Å². The molecule has 0 aliphatic carbocycles. The van der Waals surface area contributed by atoms with Crippen molar-refractivity contribution in [2.45, 2.75) is 39.5 Å². The number of nitrogens with one attached hydrogen (secondary N) is 2. The second-order valence-electron chi connectivity index (χ2n) is 6.43. The number of carbonyl (C=O) groups excluding carboxylic acids is 1. The zero-order valence-corrected chi connectivity index (χ0v) is 17.1. The Balaban J connectivity index is 2.10. The maximum Gasteiger partial charge on any atom is 0.253 e. The number of aromatic amines is 1. The molecule has 0 saturated heterocycles. The topological polar surface area (TPSA) is 75.2 Å². The van der Waals surface area contributed by atoms with Crippen LogP contribution in [0, 0.1) is 4.77 Å². The predicted octanol–water partition coefficient (Wildman–Crippen LogP) is 3.59. The predicted molar refractivity (Wildman–Crippen MR) is 110 cm³/mol. The number of hydrogen-bond acceptors (Lipinski definition) is 5. The van der Waals surface area contributed by atoms with E-state index >= 15 is 0 Å². The summed E-state index contributed by atoms with van der Waals surface area (Å²) in [4.78, 5) is 14.8. The first-order valence-electron chi connectivity index (χ1n) is 9.43. The highest BCUT2D eigenvalue weighted by Gasteiger charge is 2.14. The molecule has 0 unspecified atom stereocenters. The summed E-state index contributed by atoms with van der Waals surface area (Å²) in [5.41, 5.74) is 3.71. The highest BCUT2D eigenvalue weighted by Crippen LogP contribution is 2.20. The van der Waals surface area contributed by atoms with Crippen molar-refractivity contribution in [2.24, 2.45) is 0 Å². The first-order valence-corrected chi connectivity index (χ1v) is 9.83. The summed E-state index contributed by atoms with van der Waals surface area (Å²) in [5, 5.41) is 7.00. The molecule has 0 bridgehead atoms. The molecule has 0 aliphatic rings. The van der Waals surface area contributed by atoms with Gasteiger partial charge in [0.2, 0.25) is 4.77 Å². The summed E-state index contributed by atoms with van der Waals surface area (Å²) in [6.45, 7) is 6.50. The lowest BCUT2D eigenvalue weighted by Gasteiger charge is -2.21. The Morgan fingerprint density at radius 2 is 1.85 bits per heavy atom. The summed E-state index contributed by atoms with van der Waals surface area (Å²) in [7, 11) is 1.62. The average Bonchev–Trinajstić information content (AvgIpc) is 3.04. The molecule has 7 nitrogen and oxygen atoms in total. The second-order valence-corrected chi connectivity index (χ2v) is 6.82. The van der Waals surface area contributed by atoms with Crippen molar-refractivity contribution >= 4 is 18.1 Å². The molecule has 0 fully saturated rings. The molecule has 148 valence electrons. The van der Waals surface area contributed by atoms with Crippen molar-refractivity contribution in [1.29, 1.82) is 0 Å². The van der Waals surface area contributed by atoms with Crippen LogP contribution in [0.25, 0.3) is 11.4 Å². The molecule has 0 radical (unpaired) electrons. The smallest absolute Gasteiger partial charge is 0.253 e. The van der Waals surface area contributed by atoms with E-state index in [1.54, 1.807) is 7.11 Å². The lowest BCUT2D eigenvalue weighted by Crippen LogP contribution is -2.37. The fraction of sp³-hybridized carbons (Fsp3) is 0.526. The van der Waals surface area contributed by atoms with E-state index < -0.39 is 0 Å². The number of aromatic nitrogens is 3. The molecule has 1 heterocycles. The van der Waals surface area contributed by atoms with E-state index in [4.69, 9.17) is 17.0 Å². The van der Waals surface area contributed by atoms with E-state index in [0.717, 1.165) is 50.1 Å². The monoisotopic (exact) mass is 391 g/mol. The molecule has 1 aromatic heterocycles. The van der Waals surface area contributed by atoms with Crippen LogP contribution in [0.1, 0.15) is 39.5 Å². The van der Waals surface area contributed by atoms with E-state index in [-0.39, 0.29) is 5.91 Å². The van der Waals surface area contributed by atoms with Crippen LogP contribution < -0.4 is 10.2 Å². The van der Waals surface area contributed by atoms with Gasteiger partial charge in [-0.1, -0.05) is 26.7 Å². The average molecular weight is 392 g/mol. The number of benzene rings is 1. The number of unbranched alkanes of at least 4 members (excludes halogenated alkanes) is 2. The summed E-state index contributed by atoms with van der Waals surface area (Å²) in [6.07, 6.45) is 4.38. The molecule has 1 amide bonds. The third kappa shape index (κ3) is 6.18. The molecule has 8 heteroatoms. The SMILES string of the molecule is CCCCN(CCCC)CC(=O)Nn1c(-c2ccc(OC)cc2)n[nH]c1=S. The second kappa shape index (κ2) is 10.8. The summed E-state index contributed by atoms with van der Waals surface area (Å²) >= 11 is 5.29. The lowest BCUT2D eigenvalue weighted by molar-refractivity contribution is -0.118. The van der Waals surface area contributed by atoms with Crippen molar-refractivity contribution in [3.05, 3.63) is 29.0 Å². The third-order valence-corrected chi connectivity index (χ3v) is 4.55. The van der Waals surface area contributed by atoms with Gasteiger partial charge in [-0.05, 0) is 62.4 Å². The van der Waals surface area contributed by atoms with Crippen LogP contribution in [-0.4, -0.2) is 52.4 Å². The normalized spacial score (nSPS) is 11.0. The molecule has 2 rings (SSSR count). The Bertz CT molecular complexity index is 761. The Morgan fingerprint density at radius 1 is 1.22 bits per heavy atom. The van der Waals surface area contributed by atoms with Gasteiger partial charge in [0.1, 0.15) is 5.75 Å². The van der Waals surface area contributed by atoms with Gasteiger partial charge in [-0.15, -0.1) is 0 Å². The van der Waals surface area contributed by atoms with E-state index in [9.17, 15) is 4.79 Å². The zero-order chi connectivity index (χ0) is 19.6. The number of hydrogen-bond donors (Lipinski definition) is 2. The van der Waals surface area contributed by atoms with E-state index in [1.807, 2.05) is 24.3 Å². The zero-order valence-electron chi connectivity index (χ0n) is 16.3. The minimum Gasteiger partial charge on any atom is -0.497 e. The minimum absolute atomic E-state index is 0.102. The maximum atomic E-state index is 12.6. The first-order chi connectivity index (χ1) is 13.1. The highest BCUT2D eigenvalue weighted by molar-refractivity contribution is 7.71. The Kier molecular flexibility index (Phi) is 8.47. The van der Waals surface area contributed by atoms with Gasteiger partial charge in [0.15, 0.2) is 5.82 Å². The highest BCUT2D eigenvalue weighted by atomic mass is 32.1. The van der Waals surface area contributed by atoms with Crippen molar-refractivity contribution < 1.29 is 9.53 Å². The van der Waals surface area contributed by atoms with Crippen LogP contribution in [0.3, 0.4) is 0 Å². The standard InChI is InChI=1S/C19H29N5O2S/c1-4-6-12-23(13-7-5-2)14-17(25)22-24-18(20-21-19(24)27)15-8-10-16(26-3)11-9-15/h8-11H,4-7,12-14H2,1-3H3,(H,21,27)(H,22,25). The van der Waals surface area contributed by atoms with Crippen molar-refractivity contribution in [2.75, 3.05) is 32.2 Å². The van der Waals surface area contributed by atoms with E-state index in [0.29, 0.717) is 17.1 Å². The van der Waals surface area contributed by atoms with Gasteiger partial charge in [0.05, 0.1) is 13.7 Å². The fourth-order valence-electron chi connectivity index (χ4n) is 2.73. The molecule has 0 spiro atoms. The van der Waals surface area contributed by atoms with Gasteiger partial charge in [-0.2, -0.15) is 5.10 Å². The van der Waals surface area contributed by atoms with E-state index in [2.05, 4.69) is 34.4 Å². The number of methoxy groups -OCH3 is 1. The molecular formula is C19H29N5O2S. The van der Waals surface area contributed by atoms with Crippen molar-refractivity contribution in [3.63, 3.8) is 0 Å². The number of ether oxygens (including phenoxy) is 1. The quantitative estimate of drug-likeness (QED) is 0.573. The van der Waals surface area contributed by atoms with Crippen LogP contribution in [0.2, 0.25) is 0 Å². The Morgan fingerprint density at radius 3 is 2.41 bits per heavy atom. The van der Waals surface area contributed by atoms with Crippen LogP contribution in [0.4, 0.5) is 0 Å². The molecule has 27 heavy (non-hydrogen) atoms. The number of carbonyl (C=O) groups is 1. The largest absolute Gasteiger partial charge is 0.497 e. The van der Waals surface area contributed by atoms with Gasteiger partial charge < -0.3 is 4.74 Å². The number of rotatable bonds is 11. The van der Waals surface area contributed by atoms with E-state index in [1.165, 1.54) is 4.68 Å². The Hall–Kier alpha value is -2.19. The lowest BCUT2D eigenvalue weighted by atomic mass is 10.2. The van der Waals surface area contributed by atoms with Crippen molar-refractivity contribution in [3.8, 4) is 17.1 Å². The third-order valence-electron chi connectivity index (χ3n) is 4.28. The number of H-pyrrole nitrogens is 1. The summed E-state index contributed by atoms with van der Waals surface area (Å²) < 4.78 is 7.06. The van der Waals surface area contributed by atoms with Crippen LogP contribution in [0.15, 0.2) is 24.3 Å². The Labute approximate surface area is 165 Å². The van der Waals surface area contributed by atoms with Gasteiger partial charge in [-0.3, -0.25) is 15.1 Å². The number of nitrogens with zero attached hydrogens (tertiary/aromatic N) is 3. The molecule has 2 aromatic rings. The fourth-order valence-corrected chi connectivity index (χ4v) is 2.91. The first kappa shape index (κ1) is 21.1. The summed E-state index contributed by atoms with van der Waals surface area (Å²) in [6, 6.07) is 7.44. The molecule has 0 atom stereocenters. The van der Waals surface area contributed by atoms with Gasteiger partial charge >= 0.3 is 0 Å². The molecule has 2 N–H and O–H groups in total. The van der Waals surface area contributed by atoms with Crippen LogP contribution in [0.5, 0.6) is 5.75 Å². The van der Waals surface area contributed by atoms with Crippen molar-refractivity contribution in [1.82, 2.24) is 19.8 Å². The van der Waals surface area contributed by atoms with Crippen LogP contribution >= 0.6 is 12.2 Å². The molecule has 0 saturated carbocycles.